The van der Waals surface area contributed by atoms with Gasteiger partial charge in [0.2, 0.25) is 5.91 Å². The fourth-order valence-electron chi connectivity index (χ4n) is 2.45. The second-order valence-corrected chi connectivity index (χ2v) is 6.82. The van der Waals surface area contributed by atoms with Crippen molar-refractivity contribution < 1.29 is 9.53 Å². The first-order valence-electron chi connectivity index (χ1n) is 7.84. The Bertz CT molecular complexity index is 699. The van der Waals surface area contributed by atoms with E-state index in [1.165, 1.54) is 0 Å². The van der Waals surface area contributed by atoms with Gasteiger partial charge in [0.25, 0.3) is 0 Å². The molecule has 0 saturated carbocycles. The van der Waals surface area contributed by atoms with Crippen molar-refractivity contribution in [3.8, 4) is 5.75 Å². The minimum absolute atomic E-state index is 0.0156. The lowest BCUT2D eigenvalue weighted by molar-refractivity contribution is -0.115. The third-order valence-electron chi connectivity index (χ3n) is 3.95. The Hall–Kier alpha value is -2.29. The van der Waals surface area contributed by atoms with Crippen LogP contribution in [-0.2, 0) is 16.6 Å². The number of methoxy groups -OCH3 is 1. The summed E-state index contributed by atoms with van der Waals surface area (Å²) in [5, 5.41) is 2.99. The number of ether oxygens (including phenoxy) is 1. The van der Waals surface area contributed by atoms with Crippen molar-refractivity contribution in [2.24, 2.45) is 0 Å². The van der Waals surface area contributed by atoms with Gasteiger partial charge in [-0.15, -0.1) is 0 Å². The summed E-state index contributed by atoms with van der Waals surface area (Å²) >= 11 is 0. The Balaban J connectivity index is 2.21. The minimum atomic E-state index is -0.0383. The van der Waals surface area contributed by atoms with Crippen LogP contribution in [0.4, 0.5) is 5.69 Å². The molecule has 0 aliphatic rings. The molecule has 0 saturated heterocycles. The van der Waals surface area contributed by atoms with Gasteiger partial charge in [0.15, 0.2) is 0 Å². The van der Waals surface area contributed by atoms with Crippen molar-refractivity contribution in [2.75, 3.05) is 12.4 Å². The maximum absolute atomic E-state index is 12.4. The van der Waals surface area contributed by atoms with Gasteiger partial charge in [0, 0.05) is 0 Å². The van der Waals surface area contributed by atoms with Crippen LogP contribution in [-0.4, -0.2) is 13.0 Å². The third-order valence-corrected chi connectivity index (χ3v) is 3.95. The standard InChI is InChI=1S/C20H25NO2/c1-14-8-6-7-9-15(14)12-19(22)21-17-13-16(20(2,3)4)10-11-18(17)23-5/h6-11,13H,12H2,1-5H3,(H,21,22). The first-order chi connectivity index (χ1) is 10.8. The summed E-state index contributed by atoms with van der Waals surface area (Å²) < 4.78 is 5.37. The van der Waals surface area contributed by atoms with E-state index in [0.717, 1.165) is 22.4 Å². The lowest BCUT2D eigenvalue weighted by Gasteiger charge is -2.21. The number of amides is 1. The summed E-state index contributed by atoms with van der Waals surface area (Å²) in [4.78, 5) is 12.4. The molecule has 2 aromatic rings. The number of anilines is 1. The average molecular weight is 311 g/mol. The van der Waals surface area contributed by atoms with Crippen LogP contribution in [0.5, 0.6) is 5.75 Å². The Kier molecular flexibility index (Phi) is 5.09. The highest BCUT2D eigenvalue weighted by Gasteiger charge is 2.17. The Labute approximate surface area is 138 Å². The summed E-state index contributed by atoms with van der Waals surface area (Å²) in [5.74, 6) is 0.639. The van der Waals surface area contributed by atoms with Gasteiger partial charge in [-0.05, 0) is 41.2 Å². The number of hydrogen-bond acceptors (Lipinski definition) is 2. The maximum atomic E-state index is 12.4. The van der Waals surface area contributed by atoms with E-state index in [1.807, 2.05) is 49.4 Å². The van der Waals surface area contributed by atoms with Gasteiger partial charge in [-0.3, -0.25) is 4.79 Å². The predicted molar refractivity (Wildman–Crippen MR) is 95.2 cm³/mol. The Morgan fingerprint density at radius 1 is 1.13 bits per heavy atom. The number of carbonyl (C=O) groups is 1. The van der Waals surface area contributed by atoms with Crippen LogP contribution >= 0.6 is 0 Å². The first-order valence-corrected chi connectivity index (χ1v) is 7.84. The molecule has 0 aromatic heterocycles. The van der Waals surface area contributed by atoms with Crippen molar-refractivity contribution in [3.05, 3.63) is 59.2 Å². The minimum Gasteiger partial charge on any atom is -0.495 e. The van der Waals surface area contributed by atoms with Gasteiger partial charge in [-0.25, -0.2) is 0 Å². The van der Waals surface area contributed by atoms with Crippen LogP contribution < -0.4 is 10.1 Å². The molecule has 0 heterocycles. The molecule has 0 atom stereocenters. The van der Waals surface area contributed by atoms with Crippen molar-refractivity contribution in [1.82, 2.24) is 0 Å². The third kappa shape index (κ3) is 4.35. The largest absolute Gasteiger partial charge is 0.495 e. The quantitative estimate of drug-likeness (QED) is 0.904. The molecule has 3 nitrogen and oxygen atoms in total. The van der Waals surface area contributed by atoms with E-state index in [0.29, 0.717) is 12.2 Å². The van der Waals surface area contributed by atoms with Crippen molar-refractivity contribution in [2.45, 2.75) is 39.5 Å². The molecule has 0 fully saturated rings. The van der Waals surface area contributed by atoms with Crippen LogP contribution in [0.3, 0.4) is 0 Å². The summed E-state index contributed by atoms with van der Waals surface area (Å²) in [6, 6.07) is 13.9. The molecule has 1 N–H and O–H groups in total. The molecular formula is C20H25NO2. The van der Waals surface area contributed by atoms with Crippen LogP contribution in [0, 0.1) is 6.92 Å². The monoisotopic (exact) mass is 311 g/mol. The molecule has 0 unspecified atom stereocenters. The van der Waals surface area contributed by atoms with Crippen molar-refractivity contribution in [3.63, 3.8) is 0 Å². The molecule has 3 heteroatoms. The van der Waals surface area contributed by atoms with E-state index in [-0.39, 0.29) is 11.3 Å². The zero-order chi connectivity index (χ0) is 17.0. The topological polar surface area (TPSA) is 38.3 Å². The molecule has 122 valence electrons. The fourth-order valence-corrected chi connectivity index (χ4v) is 2.45. The molecule has 0 aliphatic carbocycles. The van der Waals surface area contributed by atoms with E-state index in [1.54, 1.807) is 7.11 Å². The van der Waals surface area contributed by atoms with Crippen molar-refractivity contribution in [1.29, 1.82) is 0 Å². The fraction of sp³-hybridized carbons (Fsp3) is 0.350. The highest BCUT2D eigenvalue weighted by atomic mass is 16.5. The van der Waals surface area contributed by atoms with Gasteiger partial charge in [0.05, 0.1) is 19.2 Å². The normalized spacial score (nSPS) is 11.2. The number of hydrogen-bond donors (Lipinski definition) is 1. The highest BCUT2D eigenvalue weighted by molar-refractivity contribution is 5.94. The highest BCUT2D eigenvalue weighted by Crippen LogP contribution is 2.31. The molecule has 23 heavy (non-hydrogen) atoms. The number of benzene rings is 2. The van der Waals surface area contributed by atoms with Crippen LogP contribution in [0.25, 0.3) is 0 Å². The number of rotatable bonds is 4. The smallest absolute Gasteiger partial charge is 0.228 e. The lowest BCUT2D eigenvalue weighted by Crippen LogP contribution is -2.17. The molecule has 2 aromatic carbocycles. The predicted octanol–water partition coefficient (Wildman–Crippen LogP) is 4.48. The zero-order valence-corrected chi connectivity index (χ0v) is 14.6. The van der Waals surface area contributed by atoms with Gasteiger partial charge in [-0.2, -0.15) is 0 Å². The van der Waals surface area contributed by atoms with E-state index >= 15 is 0 Å². The molecule has 0 bridgehead atoms. The molecule has 0 aliphatic heterocycles. The van der Waals surface area contributed by atoms with E-state index < -0.39 is 0 Å². The molecule has 0 spiro atoms. The Morgan fingerprint density at radius 3 is 2.43 bits per heavy atom. The second-order valence-electron chi connectivity index (χ2n) is 6.82. The summed E-state index contributed by atoms with van der Waals surface area (Å²) in [6.07, 6.45) is 0.357. The van der Waals surface area contributed by atoms with Gasteiger partial charge in [-0.1, -0.05) is 51.1 Å². The molecular weight excluding hydrogens is 286 g/mol. The lowest BCUT2D eigenvalue weighted by atomic mass is 9.87. The van der Waals surface area contributed by atoms with E-state index in [4.69, 9.17) is 4.74 Å². The average Bonchev–Trinajstić information content (AvgIpc) is 2.48. The first kappa shape index (κ1) is 17.1. The van der Waals surface area contributed by atoms with Crippen LogP contribution in [0.1, 0.15) is 37.5 Å². The second kappa shape index (κ2) is 6.86. The SMILES string of the molecule is COc1ccc(C(C)(C)C)cc1NC(=O)Cc1ccccc1C. The summed E-state index contributed by atoms with van der Waals surface area (Å²) in [7, 11) is 1.61. The van der Waals surface area contributed by atoms with Gasteiger partial charge >= 0.3 is 0 Å². The molecule has 0 radical (unpaired) electrons. The summed E-state index contributed by atoms with van der Waals surface area (Å²) in [5.41, 5.74) is 4.05. The zero-order valence-electron chi connectivity index (χ0n) is 14.6. The van der Waals surface area contributed by atoms with Gasteiger partial charge < -0.3 is 10.1 Å². The Morgan fingerprint density at radius 2 is 1.83 bits per heavy atom. The van der Waals surface area contributed by atoms with Gasteiger partial charge in [0.1, 0.15) is 5.75 Å². The van der Waals surface area contributed by atoms with E-state index in [9.17, 15) is 4.79 Å². The number of aryl methyl sites for hydroxylation is 1. The molecule has 2 rings (SSSR count). The number of nitrogens with one attached hydrogen (secondary N) is 1. The number of carbonyl (C=O) groups excluding carboxylic acids is 1. The molecule has 1 amide bonds. The van der Waals surface area contributed by atoms with E-state index in [2.05, 4.69) is 26.1 Å². The van der Waals surface area contributed by atoms with Crippen LogP contribution in [0.2, 0.25) is 0 Å². The van der Waals surface area contributed by atoms with Crippen molar-refractivity contribution >= 4 is 11.6 Å². The maximum Gasteiger partial charge on any atom is 0.228 e. The van der Waals surface area contributed by atoms with Crippen LogP contribution in [0.15, 0.2) is 42.5 Å². The summed E-state index contributed by atoms with van der Waals surface area (Å²) in [6.45, 7) is 8.46.